The SMILES string of the molecule is CCCC=CC(=O)OC(CC)CC. The quantitative estimate of drug-likeness (QED) is 0.468. The van der Waals surface area contributed by atoms with Crippen LogP contribution in [0, 0.1) is 0 Å². The molecule has 0 aliphatic rings. The molecule has 2 heteroatoms. The molecule has 0 aromatic rings. The first-order chi connectivity index (χ1) is 6.24. The lowest BCUT2D eigenvalue weighted by Gasteiger charge is -2.11. The molecule has 0 rings (SSSR count). The molecule has 0 saturated carbocycles. The van der Waals surface area contributed by atoms with Crippen molar-refractivity contribution in [2.45, 2.75) is 52.6 Å². The van der Waals surface area contributed by atoms with Gasteiger partial charge in [0, 0.05) is 6.08 Å². The Morgan fingerprint density at radius 2 is 1.92 bits per heavy atom. The van der Waals surface area contributed by atoms with Crippen LogP contribution in [0.3, 0.4) is 0 Å². The third-order valence-corrected chi connectivity index (χ3v) is 1.90. The number of ether oxygens (including phenoxy) is 1. The van der Waals surface area contributed by atoms with Gasteiger partial charge in [-0.3, -0.25) is 0 Å². The topological polar surface area (TPSA) is 26.3 Å². The van der Waals surface area contributed by atoms with Crippen LogP contribution in [0.15, 0.2) is 12.2 Å². The molecular formula is C11H20O2. The highest BCUT2D eigenvalue weighted by Crippen LogP contribution is 2.03. The van der Waals surface area contributed by atoms with E-state index in [4.69, 9.17) is 4.74 Å². The molecule has 13 heavy (non-hydrogen) atoms. The molecule has 0 heterocycles. The molecule has 0 atom stereocenters. The Hall–Kier alpha value is -0.790. The summed E-state index contributed by atoms with van der Waals surface area (Å²) in [6.45, 7) is 6.13. The number of carbonyl (C=O) groups excluding carboxylic acids is 1. The van der Waals surface area contributed by atoms with Crippen LogP contribution in [0.2, 0.25) is 0 Å². The maximum absolute atomic E-state index is 11.1. The molecular weight excluding hydrogens is 164 g/mol. The maximum atomic E-state index is 11.1. The fraction of sp³-hybridized carbons (Fsp3) is 0.727. The minimum absolute atomic E-state index is 0.0822. The lowest BCUT2D eigenvalue weighted by atomic mass is 10.2. The molecule has 0 unspecified atom stereocenters. The van der Waals surface area contributed by atoms with Gasteiger partial charge in [0.15, 0.2) is 0 Å². The molecule has 0 amide bonds. The average Bonchev–Trinajstić information content (AvgIpc) is 2.14. The van der Waals surface area contributed by atoms with Crippen LogP contribution >= 0.6 is 0 Å². The van der Waals surface area contributed by atoms with E-state index in [2.05, 4.69) is 6.92 Å². The van der Waals surface area contributed by atoms with Gasteiger partial charge in [-0.1, -0.05) is 33.3 Å². The van der Waals surface area contributed by atoms with Crippen LogP contribution in [0.4, 0.5) is 0 Å². The van der Waals surface area contributed by atoms with Gasteiger partial charge in [0.2, 0.25) is 0 Å². The second-order valence-electron chi connectivity index (χ2n) is 3.07. The zero-order chi connectivity index (χ0) is 10.1. The van der Waals surface area contributed by atoms with Crippen molar-refractivity contribution in [3.63, 3.8) is 0 Å². The van der Waals surface area contributed by atoms with E-state index in [1.54, 1.807) is 0 Å². The van der Waals surface area contributed by atoms with Crippen molar-refractivity contribution in [2.75, 3.05) is 0 Å². The Morgan fingerprint density at radius 1 is 1.31 bits per heavy atom. The Balaban J connectivity index is 3.72. The van der Waals surface area contributed by atoms with Crippen LogP contribution < -0.4 is 0 Å². The van der Waals surface area contributed by atoms with Gasteiger partial charge in [0.25, 0.3) is 0 Å². The van der Waals surface area contributed by atoms with E-state index in [1.165, 1.54) is 6.08 Å². The van der Waals surface area contributed by atoms with Crippen molar-refractivity contribution in [1.29, 1.82) is 0 Å². The van der Waals surface area contributed by atoms with Crippen LogP contribution in [0.5, 0.6) is 0 Å². The number of allylic oxidation sites excluding steroid dienone is 1. The number of hydrogen-bond donors (Lipinski definition) is 0. The smallest absolute Gasteiger partial charge is 0.330 e. The van der Waals surface area contributed by atoms with Crippen molar-refractivity contribution in [3.05, 3.63) is 12.2 Å². The monoisotopic (exact) mass is 184 g/mol. The standard InChI is InChI=1S/C11H20O2/c1-4-7-8-9-11(12)13-10(5-2)6-3/h8-10H,4-7H2,1-3H3. The highest BCUT2D eigenvalue weighted by molar-refractivity contribution is 5.81. The highest BCUT2D eigenvalue weighted by atomic mass is 16.5. The second kappa shape index (κ2) is 7.84. The van der Waals surface area contributed by atoms with Gasteiger partial charge in [-0.25, -0.2) is 4.79 Å². The predicted molar refractivity (Wildman–Crippen MR) is 54.5 cm³/mol. The number of carbonyl (C=O) groups is 1. The van der Waals surface area contributed by atoms with Crippen molar-refractivity contribution in [2.24, 2.45) is 0 Å². The minimum Gasteiger partial charge on any atom is -0.459 e. The molecule has 2 nitrogen and oxygen atoms in total. The van der Waals surface area contributed by atoms with Crippen molar-refractivity contribution < 1.29 is 9.53 Å². The highest BCUT2D eigenvalue weighted by Gasteiger charge is 2.06. The fourth-order valence-electron chi connectivity index (χ4n) is 1.01. The molecule has 0 saturated heterocycles. The van der Waals surface area contributed by atoms with Crippen molar-refractivity contribution >= 4 is 5.97 Å². The van der Waals surface area contributed by atoms with Crippen LogP contribution in [-0.4, -0.2) is 12.1 Å². The Labute approximate surface area is 81.0 Å². The van der Waals surface area contributed by atoms with E-state index < -0.39 is 0 Å². The third-order valence-electron chi connectivity index (χ3n) is 1.90. The van der Waals surface area contributed by atoms with Gasteiger partial charge in [-0.2, -0.15) is 0 Å². The molecule has 0 fully saturated rings. The molecule has 76 valence electrons. The first-order valence-electron chi connectivity index (χ1n) is 5.11. The van der Waals surface area contributed by atoms with Gasteiger partial charge in [0.1, 0.15) is 6.10 Å². The molecule has 0 aliphatic carbocycles. The largest absolute Gasteiger partial charge is 0.459 e. The molecule has 0 bridgehead atoms. The van der Waals surface area contributed by atoms with E-state index in [-0.39, 0.29) is 12.1 Å². The zero-order valence-electron chi connectivity index (χ0n) is 8.88. The summed E-state index contributed by atoms with van der Waals surface area (Å²) in [7, 11) is 0. The molecule has 0 aromatic carbocycles. The van der Waals surface area contributed by atoms with E-state index in [0.717, 1.165) is 25.7 Å². The van der Waals surface area contributed by atoms with E-state index in [9.17, 15) is 4.79 Å². The lowest BCUT2D eigenvalue weighted by Crippen LogP contribution is -2.14. The summed E-state index contributed by atoms with van der Waals surface area (Å²) in [6, 6.07) is 0. The summed E-state index contributed by atoms with van der Waals surface area (Å²) in [5.41, 5.74) is 0. The Kier molecular flexibility index (Phi) is 7.36. The summed E-state index contributed by atoms with van der Waals surface area (Å²) in [5.74, 6) is -0.206. The molecule has 0 aromatic heterocycles. The second-order valence-corrected chi connectivity index (χ2v) is 3.07. The van der Waals surface area contributed by atoms with E-state index >= 15 is 0 Å². The van der Waals surface area contributed by atoms with Gasteiger partial charge < -0.3 is 4.74 Å². The van der Waals surface area contributed by atoms with E-state index in [1.807, 2.05) is 19.9 Å². The molecule has 0 radical (unpaired) electrons. The third kappa shape index (κ3) is 6.38. The normalized spacial score (nSPS) is 11.1. The lowest BCUT2D eigenvalue weighted by molar-refractivity contribution is -0.143. The molecule has 0 aliphatic heterocycles. The summed E-state index contributed by atoms with van der Waals surface area (Å²) in [5, 5.41) is 0. The van der Waals surface area contributed by atoms with Gasteiger partial charge >= 0.3 is 5.97 Å². The summed E-state index contributed by atoms with van der Waals surface area (Å²) >= 11 is 0. The van der Waals surface area contributed by atoms with E-state index in [0.29, 0.717) is 0 Å². The van der Waals surface area contributed by atoms with Gasteiger partial charge in [0.05, 0.1) is 0 Å². The zero-order valence-corrected chi connectivity index (χ0v) is 8.88. The van der Waals surface area contributed by atoms with Crippen molar-refractivity contribution in [3.8, 4) is 0 Å². The average molecular weight is 184 g/mol. The van der Waals surface area contributed by atoms with Crippen molar-refractivity contribution in [1.82, 2.24) is 0 Å². The number of esters is 1. The summed E-state index contributed by atoms with van der Waals surface area (Å²) < 4.78 is 5.17. The predicted octanol–water partition coefficient (Wildman–Crippen LogP) is 3.07. The minimum atomic E-state index is -0.206. The van der Waals surface area contributed by atoms with Crippen LogP contribution in [0.25, 0.3) is 0 Å². The van der Waals surface area contributed by atoms with Crippen LogP contribution in [-0.2, 0) is 9.53 Å². The molecule has 0 N–H and O–H groups in total. The Morgan fingerprint density at radius 3 is 2.38 bits per heavy atom. The first-order valence-corrected chi connectivity index (χ1v) is 5.11. The van der Waals surface area contributed by atoms with Gasteiger partial charge in [-0.15, -0.1) is 0 Å². The first kappa shape index (κ1) is 12.2. The summed E-state index contributed by atoms with van der Waals surface area (Å²) in [4.78, 5) is 11.1. The Bertz CT molecular complexity index is 157. The molecule has 0 spiro atoms. The maximum Gasteiger partial charge on any atom is 0.330 e. The van der Waals surface area contributed by atoms with Crippen LogP contribution in [0.1, 0.15) is 46.5 Å². The number of hydrogen-bond acceptors (Lipinski definition) is 2. The fourth-order valence-corrected chi connectivity index (χ4v) is 1.01. The van der Waals surface area contributed by atoms with Gasteiger partial charge in [-0.05, 0) is 19.3 Å². The number of unbranched alkanes of at least 4 members (excludes halogenated alkanes) is 1. The number of rotatable bonds is 6. The summed E-state index contributed by atoms with van der Waals surface area (Å²) in [6.07, 6.45) is 7.27.